The number of aromatic nitrogens is 1. The number of fused-ring (bicyclic) bond motifs is 1. The first-order valence-corrected chi connectivity index (χ1v) is 10.4. The minimum absolute atomic E-state index is 0.180. The Morgan fingerprint density at radius 2 is 2.17 bits per heavy atom. The third-order valence-corrected chi connectivity index (χ3v) is 5.84. The summed E-state index contributed by atoms with van der Waals surface area (Å²) < 4.78 is 20.4. The third kappa shape index (κ3) is 3.70. The summed E-state index contributed by atoms with van der Waals surface area (Å²) in [6.45, 7) is 4.79. The summed E-state index contributed by atoms with van der Waals surface area (Å²) in [5.74, 6) is 0.270. The first kappa shape index (κ1) is 19.4. The Balaban J connectivity index is 1.66. The van der Waals surface area contributed by atoms with Crippen molar-refractivity contribution in [3.63, 3.8) is 0 Å². The molecule has 0 atom stereocenters. The molecule has 1 aliphatic heterocycles. The SMILES string of the molecule is CCc1c(C(=O)N2CCOc3ccc(-c4csc(N)n4)cc3C2)ccc(C)c1F. The molecule has 2 N–H and O–H groups in total. The highest BCUT2D eigenvalue weighted by atomic mass is 32.1. The van der Waals surface area contributed by atoms with Crippen molar-refractivity contribution in [2.24, 2.45) is 0 Å². The normalized spacial score (nSPS) is 13.6. The molecule has 2 heterocycles. The van der Waals surface area contributed by atoms with E-state index < -0.39 is 0 Å². The number of nitrogens with two attached hydrogens (primary N) is 1. The van der Waals surface area contributed by atoms with E-state index in [2.05, 4.69) is 4.98 Å². The summed E-state index contributed by atoms with van der Waals surface area (Å²) in [5, 5.41) is 2.41. The van der Waals surface area contributed by atoms with Gasteiger partial charge in [-0.05, 0) is 43.2 Å². The summed E-state index contributed by atoms with van der Waals surface area (Å²) in [6.07, 6.45) is 0.463. The van der Waals surface area contributed by atoms with Crippen LogP contribution in [-0.4, -0.2) is 28.9 Å². The zero-order chi connectivity index (χ0) is 20.5. The van der Waals surface area contributed by atoms with Crippen molar-refractivity contribution in [2.75, 3.05) is 18.9 Å². The Labute approximate surface area is 172 Å². The number of hydrogen-bond donors (Lipinski definition) is 1. The molecule has 7 heteroatoms. The van der Waals surface area contributed by atoms with Gasteiger partial charge < -0.3 is 15.4 Å². The molecule has 2 aromatic carbocycles. The molecule has 0 bridgehead atoms. The molecular weight excluding hydrogens is 389 g/mol. The molecule has 1 aliphatic rings. The lowest BCUT2D eigenvalue weighted by Gasteiger charge is -2.22. The van der Waals surface area contributed by atoms with Gasteiger partial charge in [-0.2, -0.15) is 0 Å². The number of rotatable bonds is 3. The van der Waals surface area contributed by atoms with Crippen LogP contribution in [-0.2, 0) is 13.0 Å². The lowest BCUT2D eigenvalue weighted by molar-refractivity contribution is 0.0731. The van der Waals surface area contributed by atoms with Crippen LogP contribution < -0.4 is 10.5 Å². The molecule has 150 valence electrons. The molecule has 1 aromatic heterocycles. The lowest BCUT2D eigenvalue weighted by Crippen LogP contribution is -2.33. The molecule has 5 nitrogen and oxygen atoms in total. The van der Waals surface area contributed by atoms with Crippen molar-refractivity contribution in [1.82, 2.24) is 9.88 Å². The number of aryl methyl sites for hydroxylation is 1. The minimum atomic E-state index is -0.298. The number of anilines is 1. The van der Waals surface area contributed by atoms with Gasteiger partial charge in [0.2, 0.25) is 0 Å². The van der Waals surface area contributed by atoms with E-state index >= 15 is 0 Å². The van der Waals surface area contributed by atoms with Crippen molar-refractivity contribution in [3.8, 4) is 17.0 Å². The van der Waals surface area contributed by atoms with E-state index in [1.54, 1.807) is 24.0 Å². The Hall–Kier alpha value is -2.93. The van der Waals surface area contributed by atoms with Crippen LogP contribution in [0, 0.1) is 12.7 Å². The number of halogens is 1. The van der Waals surface area contributed by atoms with Gasteiger partial charge in [-0.3, -0.25) is 4.79 Å². The topological polar surface area (TPSA) is 68.5 Å². The number of carbonyl (C=O) groups is 1. The Kier molecular flexibility index (Phi) is 5.24. The van der Waals surface area contributed by atoms with Crippen LogP contribution in [0.1, 0.15) is 34.0 Å². The fraction of sp³-hybridized carbons (Fsp3) is 0.273. The molecule has 3 aromatic rings. The van der Waals surface area contributed by atoms with Crippen LogP contribution in [0.2, 0.25) is 0 Å². The number of ether oxygens (including phenoxy) is 1. The molecule has 0 aliphatic carbocycles. The highest BCUT2D eigenvalue weighted by Gasteiger charge is 2.24. The van der Waals surface area contributed by atoms with E-state index in [9.17, 15) is 9.18 Å². The number of nitrogens with zero attached hydrogens (tertiary/aromatic N) is 2. The molecule has 29 heavy (non-hydrogen) atoms. The number of amides is 1. The second kappa shape index (κ2) is 7.83. The van der Waals surface area contributed by atoms with E-state index in [0.717, 1.165) is 22.6 Å². The van der Waals surface area contributed by atoms with Crippen LogP contribution >= 0.6 is 11.3 Å². The maximum Gasteiger partial charge on any atom is 0.254 e. The first-order valence-electron chi connectivity index (χ1n) is 9.52. The van der Waals surface area contributed by atoms with Crippen molar-refractivity contribution in [3.05, 3.63) is 63.8 Å². The van der Waals surface area contributed by atoms with Crippen molar-refractivity contribution in [2.45, 2.75) is 26.8 Å². The van der Waals surface area contributed by atoms with Crippen LogP contribution in [0.25, 0.3) is 11.3 Å². The Morgan fingerprint density at radius 3 is 2.90 bits per heavy atom. The smallest absolute Gasteiger partial charge is 0.254 e. The number of hydrogen-bond acceptors (Lipinski definition) is 5. The zero-order valence-electron chi connectivity index (χ0n) is 16.4. The van der Waals surface area contributed by atoms with E-state index in [1.165, 1.54) is 11.3 Å². The molecular formula is C22H22FN3O2S. The quantitative estimate of drug-likeness (QED) is 0.692. The van der Waals surface area contributed by atoms with Gasteiger partial charge in [-0.25, -0.2) is 9.37 Å². The molecule has 0 saturated heterocycles. The zero-order valence-corrected chi connectivity index (χ0v) is 17.2. The summed E-state index contributed by atoms with van der Waals surface area (Å²) in [5.41, 5.74) is 9.80. The van der Waals surface area contributed by atoms with Gasteiger partial charge in [-0.15, -0.1) is 11.3 Å². The fourth-order valence-electron chi connectivity index (χ4n) is 3.60. The van der Waals surface area contributed by atoms with Crippen molar-refractivity contribution >= 4 is 22.4 Å². The highest BCUT2D eigenvalue weighted by molar-refractivity contribution is 7.13. The number of benzene rings is 2. The molecule has 0 fully saturated rings. The average Bonchev–Trinajstić information content (AvgIpc) is 3.04. The molecule has 0 saturated carbocycles. The largest absolute Gasteiger partial charge is 0.491 e. The van der Waals surface area contributed by atoms with E-state index in [0.29, 0.717) is 47.9 Å². The first-order chi connectivity index (χ1) is 14.0. The van der Waals surface area contributed by atoms with Crippen LogP contribution in [0.5, 0.6) is 5.75 Å². The predicted molar refractivity (Wildman–Crippen MR) is 113 cm³/mol. The van der Waals surface area contributed by atoms with Crippen LogP contribution in [0.3, 0.4) is 0 Å². The monoisotopic (exact) mass is 411 g/mol. The van der Waals surface area contributed by atoms with Gasteiger partial charge in [0.15, 0.2) is 5.13 Å². The summed E-state index contributed by atoms with van der Waals surface area (Å²) in [4.78, 5) is 19.3. The molecule has 1 amide bonds. The second-order valence-corrected chi connectivity index (χ2v) is 7.93. The maximum absolute atomic E-state index is 14.5. The van der Waals surface area contributed by atoms with Gasteiger partial charge in [0.25, 0.3) is 5.91 Å². The van der Waals surface area contributed by atoms with Gasteiger partial charge in [0.05, 0.1) is 12.2 Å². The molecule has 0 unspecified atom stereocenters. The lowest BCUT2D eigenvalue weighted by atomic mass is 10.00. The summed E-state index contributed by atoms with van der Waals surface area (Å²) >= 11 is 1.39. The van der Waals surface area contributed by atoms with Crippen molar-refractivity contribution in [1.29, 1.82) is 0 Å². The van der Waals surface area contributed by atoms with E-state index in [-0.39, 0.29) is 11.7 Å². The second-order valence-electron chi connectivity index (χ2n) is 7.04. The predicted octanol–water partition coefficient (Wildman–Crippen LogP) is 4.44. The van der Waals surface area contributed by atoms with Crippen LogP contribution in [0.15, 0.2) is 35.7 Å². The van der Waals surface area contributed by atoms with Gasteiger partial charge >= 0.3 is 0 Å². The summed E-state index contributed by atoms with van der Waals surface area (Å²) in [7, 11) is 0. The highest BCUT2D eigenvalue weighted by Crippen LogP contribution is 2.31. The van der Waals surface area contributed by atoms with Gasteiger partial charge in [0.1, 0.15) is 18.2 Å². The molecule has 0 spiro atoms. The Morgan fingerprint density at radius 1 is 1.34 bits per heavy atom. The standard InChI is InChI=1S/C22H22FN3O2S/c1-3-16-17(6-4-13(2)20(16)23)21(27)26-8-9-28-19-7-5-14(10-15(19)11-26)18-12-29-22(24)25-18/h4-7,10,12H,3,8-9,11H2,1-2H3,(H2,24,25). The van der Waals surface area contributed by atoms with E-state index in [4.69, 9.17) is 10.5 Å². The fourth-order valence-corrected chi connectivity index (χ4v) is 4.17. The molecule has 4 rings (SSSR count). The third-order valence-electron chi connectivity index (χ3n) is 5.17. The van der Waals surface area contributed by atoms with E-state index in [1.807, 2.05) is 30.5 Å². The summed E-state index contributed by atoms with van der Waals surface area (Å²) in [6, 6.07) is 9.20. The number of thiazole rings is 1. The maximum atomic E-state index is 14.5. The minimum Gasteiger partial charge on any atom is -0.491 e. The Bertz CT molecular complexity index is 1080. The van der Waals surface area contributed by atoms with Crippen molar-refractivity contribution < 1.29 is 13.9 Å². The molecule has 0 radical (unpaired) electrons. The van der Waals surface area contributed by atoms with Gasteiger partial charge in [0, 0.05) is 34.2 Å². The number of carbonyl (C=O) groups excluding carboxylic acids is 1. The average molecular weight is 412 g/mol. The number of nitrogen functional groups attached to an aromatic ring is 1. The van der Waals surface area contributed by atoms with Gasteiger partial charge in [-0.1, -0.05) is 13.0 Å². The van der Waals surface area contributed by atoms with Crippen LogP contribution in [0.4, 0.5) is 9.52 Å².